The predicted octanol–water partition coefficient (Wildman–Crippen LogP) is 5.56. The molecule has 2 heterocycles. The molecule has 7 heteroatoms. The van der Waals surface area contributed by atoms with E-state index >= 15 is 0 Å². The Balaban J connectivity index is 1.30. The molecule has 3 aromatic carbocycles. The molecule has 2 saturated carbocycles. The summed E-state index contributed by atoms with van der Waals surface area (Å²) in [7, 11) is 0. The largest absolute Gasteiger partial charge is 0.350 e. The summed E-state index contributed by atoms with van der Waals surface area (Å²) in [5.41, 5.74) is 3.44. The second kappa shape index (κ2) is 9.08. The van der Waals surface area contributed by atoms with E-state index in [1.807, 2.05) is 53.4 Å². The van der Waals surface area contributed by atoms with E-state index in [1.165, 1.54) is 12.1 Å². The van der Waals surface area contributed by atoms with Crippen LogP contribution in [0.2, 0.25) is 0 Å². The number of carbonyl (C=O) groups excluding carboxylic acids is 2. The van der Waals surface area contributed by atoms with Gasteiger partial charge in [-0.05, 0) is 73.2 Å². The molecule has 192 valence electrons. The van der Waals surface area contributed by atoms with Crippen LogP contribution in [0, 0.1) is 23.6 Å². The molecule has 0 bridgehead atoms. The highest BCUT2D eigenvalue weighted by Gasteiger charge is 2.52. The van der Waals surface area contributed by atoms with Crippen molar-refractivity contribution in [2.45, 2.75) is 44.2 Å². The first-order valence-electron chi connectivity index (χ1n) is 13.5. The number of rotatable bonds is 7. The smallest absolute Gasteiger partial charge is 0.232 e. The van der Waals surface area contributed by atoms with Crippen molar-refractivity contribution in [3.05, 3.63) is 90.4 Å². The van der Waals surface area contributed by atoms with Crippen molar-refractivity contribution in [1.29, 1.82) is 0 Å². The number of carbonyl (C=O) groups is 2. The molecule has 4 aromatic rings. The number of fused-ring (bicyclic) bond motifs is 1. The van der Waals surface area contributed by atoms with Gasteiger partial charge in [0.25, 0.3) is 0 Å². The predicted molar refractivity (Wildman–Crippen MR) is 143 cm³/mol. The molecule has 3 aliphatic rings. The van der Waals surface area contributed by atoms with Crippen LogP contribution in [0.4, 0.5) is 10.1 Å². The monoisotopic (exact) mass is 508 g/mol. The molecule has 3 fully saturated rings. The molecule has 0 spiro atoms. The van der Waals surface area contributed by atoms with Gasteiger partial charge >= 0.3 is 0 Å². The van der Waals surface area contributed by atoms with Crippen molar-refractivity contribution in [3.8, 4) is 5.69 Å². The molecule has 2 amide bonds. The highest BCUT2D eigenvalue weighted by Crippen LogP contribution is 2.47. The minimum Gasteiger partial charge on any atom is -0.350 e. The van der Waals surface area contributed by atoms with Gasteiger partial charge in [0, 0.05) is 17.0 Å². The van der Waals surface area contributed by atoms with Gasteiger partial charge < -0.3 is 10.2 Å². The van der Waals surface area contributed by atoms with Crippen LogP contribution in [0.3, 0.4) is 0 Å². The average molecular weight is 509 g/mol. The zero-order valence-corrected chi connectivity index (χ0v) is 21.0. The standard InChI is InChI=1S/C31H29FN4O2/c32-23-10-12-24(13-11-23)36-27-15-14-25(17-22(27)18-33-36)35-29(20-4-2-1-3-5-20)28(34-30(37)21-8-9-21)26(31(35)38)16-19-6-7-19/h1-5,10-15,17-19,21,26,28-29H,6-9,16H2,(H,34,37)/t26?,28-,29+/m0/s1. The molecule has 1 aliphatic heterocycles. The third kappa shape index (κ3) is 4.16. The summed E-state index contributed by atoms with van der Waals surface area (Å²) < 4.78 is 15.2. The highest BCUT2D eigenvalue weighted by atomic mass is 19.1. The number of nitrogens with one attached hydrogen (secondary N) is 1. The van der Waals surface area contributed by atoms with Crippen LogP contribution in [-0.2, 0) is 9.59 Å². The first kappa shape index (κ1) is 23.1. The van der Waals surface area contributed by atoms with Gasteiger partial charge in [0.15, 0.2) is 0 Å². The second-order valence-electron chi connectivity index (χ2n) is 10.9. The average Bonchev–Trinajstić information content (AvgIpc) is 3.87. The van der Waals surface area contributed by atoms with Crippen LogP contribution in [0.5, 0.6) is 0 Å². The van der Waals surface area contributed by atoms with Gasteiger partial charge in [-0.25, -0.2) is 9.07 Å². The van der Waals surface area contributed by atoms with Crippen molar-refractivity contribution < 1.29 is 14.0 Å². The zero-order chi connectivity index (χ0) is 25.8. The topological polar surface area (TPSA) is 67.2 Å². The number of halogens is 1. The summed E-state index contributed by atoms with van der Waals surface area (Å²) in [6, 6.07) is 21.6. The SMILES string of the molecule is O=C(N[C@H]1C(CC2CC2)C(=O)N(c2ccc3c(cnn3-c3ccc(F)cc3)c2)[C@@H]1c1ccccc1)C1CC1. The molecule has 2 aliphatic carbocycles. The van der Waals surface area contributed by atoms with Crippen LogP contribution < -0.4 is 10.2 Å². The van der Waals surface area contributed by atoms with Gasteiger partial charge in [0.1, 0.15) is 5.82 Å². The van der Waals surface area contributed by atoms with E-state index in [4.69, 9.17) is 0 Å². The molecule has 3 atom stereocenters. The van der Waals surface area contributed by atoms with Crippen molar-refractivity contribution in [2.75, 3.05) is 4.90 Å². The Labute approximate surface area is 220 Å². The van der Waals surface area contributed by atoms with Crippen molar-refractivity contribution in [1.82, 2.24) is 15.1 Å². The second-order valence-corrected chi connectivity index (χ2v) is 10.9. The van der Waals surface area contributed by atoms with E-state index in [9.17, 15) is 14.0 Å². The quantitative estimate of drug-likeness (QED) is 0.355. The minimum atomic E-state index is -0.295. The number of benzene rings is 3. The fourth-order valence-electron chi connectivity index (χ4n) is 5.87. The Morgan fingerprint density at radius 2 is 1.68 bits per heavy atom. The Kier molecular flexibility index (Phi) is 5.53. The zero-order valence-electron chi connectivity index (χ0n) is 21.0. The molecule has 1 unspecified atom stereocenters. The molecule has 7 rings (SSSR count). The highest BCUT2D eigenvalue weighted by molar-refractivity contribution is 6.01. The molecular formula is C31H29FN4O2. The third-order valence-electron chi connectivity index (χ3n) is 8.19. The van der Waals surface area contributed by atoms with Crippen molar-refractivity contribution >= 4 is 28.4 Å². The molecule has 0 radical (unpaired) electrons. The number of hydrogen-bond acceptors (Lipinski definition) is 3. The van der Waals surface area contributed by atoms with Crippen molar-refractivity contribution in [2.24, 2.45) is 17.8 Å². The van der Waals surface area contributed by atoms with Gasteiger partial charge in [-0.15, -0.1) is 0 Å². The molecular weight excluding hydrogens is 479 g/mol. The Hall–Kier alpha value is -4.00. The van der Waals surface area contributed by atoms with E-state index in [-0.39, 0.29) is 41.6 Å². The first-order chi connectivity index (χ1) is 18.6. The number of amides is 2. The molecule has 1 N–H and O–H groups in total. The number of hydrogen-bond donors (Lipinski definition) is 1. The number of anilines is 1. The molecule has 38 heavy (non-hydrogen) atoms. The lowest BCUT2D eigenvalue weighted by molar-refractivity contribution is -0.124. The van der Waals surface area contributed by atoms with Gasteiger partial charge in [-0.3, -0.25) is 9.59 Å². The van der Waals surface area contributed by atoms with Gasteiger partial charge in [-0.2, -0.15) is 5.10 Å². The maximum absolute atomic E-state index is 14.1. The maximum Gasteiger partial charge on any atom is 0.232 e. The van der Waals surface area contributed by atoms with E-state index in [0.29, 0.717) is 5.92 Å². The minimum absolute atomic E-state index is 0.0668. The summed E-state index contributed by atoms with van der Waals surface area (Å²) in [6.45, 7) is 0. The summed E-state index contributed by atoms with van der Waals surface area (Å²) in [5, 5.41) is 8.74. The lowest BCUT2D eigenvalue weighted by Crippen LogP contribution is -2.43. The lowest BCUT2D eigenvalue weighted by Gasteiger charge is -2.30. The summed E-state index contributed by atoms with van der Waals surface area (Å²) in [6.07, 6.45) is 6.73. The van der Waals surface area contributed by atoms with E-state index in [2.05, 4.69) is 10.4 Å². The first-order valence-corrected chi connectivity index (χ1v) is 13.5. The Morgan fingerprint density at radius 1 is 0.947 bits per heavy atom. The fraction of sp³-hybridized carbons (Fsp3) is 0.323. The summed E-state index contributed by atoms with van der Waals surface area (Å²) >= 11 is 0. The summed E-state index contributed by atoms with van der Waals surface area (Å²) in [4.78, 5) is 29.0. The Morgan fingerprint density at radius 3 is 2.39 bits per heavy atom. The van der Waals surface area contributed by atoms with Gasteiger partial charge in [0.05, 0.1) is 35.4 Å². The lowest BCUT2D eigenvalue weighted by atomic mass is 9.89. The van der Waals surface area contributed by atoms with E-state index < -0.39 is 0 Å². The third-order valence-corrected chi connectivity index (χ3v) is 8.19. The van der Waals surface area contributed by atoms with Crippen LogP contribution in [0.15, 0.2) is 79.0 Å². The normalized spacial score (nSPS) is 23.2. The summed E-state index contributed by atoms with van der Waals surface area (Å²) in [5.74, 6) is 0.214. The van der Waals surface area contributed by atoms with E-state index in [0.717, 1.165) is 59.9 Å². The van der Waals surface area contributed by atoms with Crippen LogP contribution in [0.25, 0.3) is 16.6 Å². The molecule has 1 aromatic heterocycles. The van der Waals surface area contributed by atoms with Crippen LogP contribution in [-0.4, -0.2) is 27.6 Å². The molecule has 1 saturated heterocycles. The van der Waals surface area contributed by atoms with Gasteiger partial charge in [-0.1, -0.05) is 43.2 Å². The van der Waals surface area contributed by atoms with Crippen molar-refractivity contribution in [3.63, 3.8) is 0 Å². The Bertz CT molecular complexity index is 1510. The molecule has 6 nitrogen and oxygen atoms in total. The number of nitrogens with zero attached hydrogens (tertiary/aromatic N) is 3. The van der Waals surface area contributed by atoms with Crippen LogP contribution >= 0.6 is 0 Å². The van der Waals surface area contributed by atoms with Crippen LogP contribution in [0.1, 0.15) is 43.7 Å². The number of aromatic nitrogens is 2. The van der Waals surface area contributed by atoms with Gasteiger partial charge in [0.2, 0.25) is 11.8 Å². The fourth-order valence-corrected chi connectivity index (χ4v) is 5.87. The van der Waals surface area contributed by atoms with E-state index in [1.54, 1.807) is 23.0 Å². The maximum atomic E-state index is 14.1.